The average Bonchev–Trinajstić information content (AvgIpc) is 3.24. The SMILES string of the molecule is COC(=O)c1cc2cc(NC(=O)c3cc4cc(N)ccc4s3)ccc2o1. The molecular formula is C19H14N2O4S. The van der Waals surface area contributed by atoms with Crippen LogP contribution in [0.3, 0.4) is 0 Å². The third kappa shape index (κ3) is 2.89. The lowest BCUT2D eigenvalue weighted by molar-refractivity contribution is 0.0567. The highest BCUT2D eigenvalue weighted by molar-refractivity contribution is 7.20. The summed E-state index contributed by atoms with van der Waals surface area (Å²) < 4.78 is 11.1. The fourth-order valence-corrected chi connectivity index (χ4v) is 3.63. The van der Waals surface area contributed by atoms with Crippen molar-refractivity contribution in [2.45, 2.75) is 0 Å². The molecule has 0 saturated heterocycles. The number of rotatable bonds is 3. The number of carbonyl (C=O) groups is 2. The van der Waals surface area contributed by atoms with E-state index in [2.05, 4.69) is 10.1 Å². The molecule has 0 fully saturated rings. The van der Waals surface area contributed by atoms with Crippen LogP contribution in [-0.4, -0.2) is 19.0 Å². The highest BCUT2D eigenvalue weighted by atomic mass is 32.1. The third-order valence-corrected chi connectivity index (χ3v) is 5.04. The molecule has 2 aromatic carbocycles. The number of amides is 1. The van der Waals surface area contributed by atoms with Crippen LogP contribution in [0.1, 0.15) is 20.2 Å². The largest absolute Gasteiger partial charge is 0.463 e. The molecule has 2 heterocycles. The molecule has 0 radical (unpaired) electrons. The molecule has 0 spiro atoms. The van der Waals surface area contributed by atoms with Crippen LogP contribution < -0.4 is 11.1 Å². The van der Waals surface area contributed by atoms with Gasteiger partial charge in [-0.2, -0.15) is 0 Å². The van der Waals surface area contributed by atoms with E-state index in [1.54, 1.807) is 24.3 Å². The number of methoxy groups -OCH3 is 1. The van der Waals surface area contributed by atoms with Crippen LogP contribution >= 0.6 is 11.3 Å². The van der Waals surface area contributed by atoms with Crippen LogP contribution in [0.5, 0.6) is 0 Å². The van der Waals surface area contributed by atoms with Gasteiger partial charge in [0.25, 0.3) is 5.91 Å². The topological polar surface area (TPSA) is 94.6 Å². The molecule has 6 nitrogen and oxygen atoms in total. The Balaban J connectivity index is 1.60. The molecule has 0 aliphatic carbocycles. The Morgan fingerprint density at radius 2 is 1.92 bits per heavy atom. The Labute approximate surface area is 152 Å². The van der Waals surface area contributed by atoms with Crippen LogP contribution in [0.4, 0.5) is 11.4 Å². The number of thiophene rings is 1. The van der Waals surface area contributed by atoms with Crippen molar-refractivity contribution < 1.29 is 18.7 Å². The second-order valence-corrected chi connectivity index (χ2v) is 6.80. The lowest BCUT2D eigenvalue weighted by Gasteiger charge is -2.03. The van der Waals surface area contributed by atoms with Gasteiger partial charge in [-0.15, -0.1) is 11.3 Å². The Morgan fingerprint density at radius 3 is 2.73 bits per heavy atom. The van der Waals surface area contributed by atoms with Gasteiger partial charge in [0, 0.05) is 21.5 Å². The van der Waals surface area contributed by atoms with E-state index in [1.807, 2.05) is 24.3 Å². The second-order valence-electron chi connectivity index (χ2n) is 5.72. The Morgan fingerprint density at radius 1 is 1.08 bits per heavy atom. The predicted octanol–water partition coefficient (Wildman–Crippen LogP) is 4.27. The van der Waals surface area contributed by atoms with E-state index < -0.39 is 5.97 Å². The van der Waals surface area contributed by atoms with E-state index in [1.165, 1.54) is 18.4 Å². The number of anilines is 2. The maximum Gasteiger partial charge on any atom is 0.373 e. The summed E-state index contributed by atoms with van der Waals surface area (Å²) >= 11 is 1.40. The molecule has 2 aromatic heterocycles. The van der Waals surface area contributed by atoms with Crippen molar-refractivity contribution in [3.05, 3.63) is 59.2 Å². The van der Waals surface area contributed by atoms with Crippen molar-refractivity contribution >= 4 is 55.6 Å². The van der Waals surface area contributed by atoms with Crippen LogP contribution in [0.15, 0.2) is 52.9 Å². The first kappa shape index (κ1) is 16.2. The normalized spacial score (nSPS) is 11.0. The molecule has 1 amide bonds. The Kier molecular flexibility index (Phi) is 3.85. The highest BCUT2D eigenvalue weighted by Gasteiger charge is 2.14. The molecule has 7 heteroatoms. The van der Waals surface area contributed by atoms with Gasteiger partial charge in [0.05, 0.1) is 12.0 Å². The molecule has 0 bridgehead atoms. The first-order valence-electron chi connectivity index (χ1n) is 7.76. The molecule has 0 unspecified atom stereocenters. The van der Waals surface area contributed by atoms with Crippen molar-refractivity contribution in [1.29, 1.82) is 0 Å². The smallest absolute Gasteiger partial charge is 0.373 e. The molecular weight excluding hydrogens is 352 g/mol. The maximum absolute atomic E-state index is 12.5. The van der Waals surface area contributed by atoms with Crippen LogP contribution in [-0.2, 0) is 4.74 Å². The molecule has 0 aliphatic heterocycles. The van der Waals surface area contributed by atoms with Crippen molar-refractivity contribution in [2.75, 3.05) is 18.2 Å². The summed E-state index contributed by atoms with van der Waals surface area (Å²) in [5, 5.41) is 4.50. The van der Waals surface area contributed by atoms with Gasteiger partial charge in [-0.1, -0.05) is 0 Å². The Hall–Kier alpha value is -3.32. The monoisotopic (exact) mass is 366 g/mol. The Bertz CT molecular complexity index is 1160. The van der Waals surface area contributed by atoms with Crippen molar-refractivity contribution in [1.82, 2.24) is 0 Å². The molecule has 3 N–H and O–H groups in total. The highest BCUT2D eigenvalue weighted by Crippen LogP contribution is 2.29. The first-order chi connectivity index (χ1) is 12.5. The van der Waals surface area contributed by atoms with E-state index in [-0.39, 0.29) is 11.7 Å². The molecule has 4 aromatic rings. The minimum Gasteiger partial charge on any atom is -0.463 e. The minimum atomic E-state index is -0.545. The fourth-order valence-electron chi connectivity index (χ4n) is 2.69. The summed E-state index contributed by atoms with van der Waals surface area (Å²) in [6.07, 6.45) is 0. The summed E-state index contributed by atoms with van der Waals surface area (Å²) in [4.78, 5) is 24.7. The number of nitrogens with two attached hydrogens (primary N) is 1. The maximum atomic E-state index is 12.5. The number of nitrogens with one attached hydrogen (secondary N) is 1. The quantitative estimate of drug-likeness (QED) is 0.417. The van der Waals surface area contributed by atoms with Gasteiger partial charge in [0.15, 0.2) is 0 Å². The number of hydrogen-bond donors (Lipinski definition) is 2. The first-order valence-corrected chi connectivity index (χ1v) is 8.57. The minimum absolute atomic E-state index is 0.119. The lowest BCUT2D eigenvalue weighted by atomic mass is 10.2. The average molecular weight is 366 g/mol. The van der Waals surface area contributed by atoms with E-state index in [4.69, 9.17) is 10.2 Å². The van der Waals surface area contributed by atoms with Crippen molar-refractivity contribution in [3.63, 3.8) is 0 Å². The molecule has 26 heavy (non-hydrogen) atoms. The number of benzene rings is 2. The summed E-state index contributed by atoms with van der Waals surface area (Å²) in [5.74, 6) is -0.634. The molecule has 0 aliphatic rings. The lowest BCUT2D eigenvalue weighted by Crippen LogP contribution is -2.09. The summed E-state index contributed by atoms with van der Waals surface area (Å²) in [5.41, 5.74) is 7.59. The number of furan rings is 1. The van der Waals surface area contributed by atoms with Gasteiger partial charge >= 0.3 is 5.97 Å². The molecule has 130 valence electrons. The number of ether oxygens (including phenoxy) is 1. The van der Waals surface area contributed by atoms with E-state index in [0.717, 1.165) is 10.1 Å². The van der Waals surface area contributed by atoms with Crippen molar-refractivity contribution in [3.8, 4) is 0 Å². The summed E-state index contributed by atoms with van der Waals surface area (Å²) in [6.45, 7) is 0. The zero-order chi connectivity index (χ0) is 18.3. The van der Waals surface area contributed by atoms with Gasteiger partial charge in [-0.25, -0.2) is 4.79 Å². The van der Waals surface area contributed by atoms with Gasteiger partial charge < -0.3 is 20.2 Å². The fraction of sp³-hybridized carbons (Fsp3) is 0.0526. The zero-order valence-electron chi connectivity index (χ0n) is 13.7. The summed E-state index contributed by atoms with van der Waals surface area (Å²) in [7, 11) is 1.29. The molecule has 0 atom stereocenters. The standard InChI is InChI=1S/C19H14N2O4S/c1-24-19(23)15-8-10-7-13(3-4-14(10)25-15)21-18(22)17-9-11-6-12(20)2-5-16(11)26-17/h2-9H,20H2,1H3,(H,21,22). The van der Waals surface area contributed by atoms with Gasteiger partial charge in [-0.05, 0) is 53.9 Å². The van der Waals surface area contributed by atoms with E-state index in [9.17, 15) is 9.59 Å². The van der Waals surface area contributed by atoms with Crippen molar-refractivity contribution in [2.24, 2.45) is 0 Å². The second kappa shape index (κ2) is 6.20. The van der Waals surface area contributed by atoms with Crippen LogP contribution in [0.2, 0.25) is 0 Å². The number of carbonyl (C=O) groups excluding carboxylic acids is 2. The van der Waals surface area contributed by atoms with Gasteiger partial charge in [0.2, 0.25) is 5.76 Å². The molecule has 0 saturated carbocycles. The zero-order valence-corrected chi connectivity index (χ0v) is 14.6. The number of hydrogen-bond acceptors (Lipinski definition) is 6. The number of esters is 1. The van der Waals surface area contributed by atoms with Gasteiger partial charge in [0.1, 0.15) is 5.58 Å². The van der Waals surface area contributed by atoms with E-state index in [0.29, 0.717) is 27.2 Å². The van der Waals surface area contributed by atoms with Crippen LogP contribution in [0.25, 0.3) is 21.1 Å². The third-order valence-electron chi connectivity index (χ3n) is 3.92. The van der Waals surface area contributed by atoms with Crippen LogP contribution in [0, 0.1) is 0 Å². The number of nitrogen functional groups attached to an aromatic ring is 1. The van der Waals surface area contributed by atoms with Gasteiger partial charge in [-0.3, -0.25) is 4.79 Å². The predicted molar refractivity (Wildman–Crippen MR) is 102 cm³/mol. The van der Waals surface area contributed by atoms with E-state index >= 15 is 0 Å². The summed E-state index contributed by atoms with van der Waals surface area (Å²) in [6, 6.07) is 14.1. The molecule has 4 rings (SSSR count). The number of fused-ring (bicyclic) bond motifs is 2.